The molecule has 0 spiro atoms. The number of methoxy groups -OCH3 is 1. The van der Waals surface area contributed by atoms with Crippen LogP contribution in [0.15, 0.2) is 0 Å². The van der Waals surface area contributed by atoms with Gasteiger partial charge in [0, 0.05) is 7.11 Å². The van der Waals surface area contributed by atoms with Crippen molar-refractivity contribution in [2.24, 2.45) is 35.5 Å². The lowest BCUT2D eigenvalue weighted by atomic mass is 9.70. The molecule has 2 heteroatoms. The summed E-state index contributed by atoms with van der Waals surface area (Å²) in [6.45, 7) is 0.499. The Morgan fingerprint density at radius 2 is 1.75 bits per heavy atom. The van der Waals surface area contributed by atoms with Crippen molar-refractivity contribution in [1.29, 1.82) is 0 Å². The Labute approximate surface area is 97.7 Å². The van der Waals surface area contributed by atoms with Crippen molar-refractivity contribution in [3.8, 4) is 0 Å². The van der Waals surface area contributed by atoms with Gasteiger partial charge in [-0.15, -0.1) is 0 Å². The van der Waals surface area contributed by atoms with E-state index in [1.807, 2.05) is 0 Å². The highest BCUT2D eigenvalue weighted by Gasteiger charge is 2.62. The fourth-order valence-corrected chi connectivity index (χ4v) is 5.85. The average Bonchev–Trinajstić information content (AvgIpc) is 3.02. The highest BCUT2D eigenvalue weighted by molar-refractivity contribution is 5.11. The van der Waals surface area contributed by atoms with E-state index in [1.54, 1.807) is 20.0 Å². The number of fused-ring (bicyclic) bond motifs is 9. The summed E-state index contributed by atoms with van der Waals surface area (Å²) in [7, 11) is 1.73. The summed E-state index contributed by atoms with van der Waals surface area (Å²) in [5.74, 6) is 6.21. The first-order chi connectivity index (χ1) is 7.88. The Morgan fingerprint density at radius 3 is 2.56 bits per heavy atom. The van der Waals surface area contributed by atoms with Crippen LogP contribution >= 0.6 is 0 Å². The molecule has 4 aliphatic carbocycles. The lowest BCUT2D eigenvalue weighted by molar-refractivity contribution is -0.106. The van der Waals surface area contributed by atoms with Gasteiger partial charge in [0.1, 0.15) is 6.79 Å². The van der Waals surface area contributed by atoms with Gasteiger partial charge in [0.15, 0.2) is 0 Å². The minimum absolute atomic E-state index is 0.499. The van der Waals surface area contributed by atoms with Crippen molar-refractivity contribution in [1.82, 2.24) is 0 Å². The predicted molar refractivity (Wildman–Crippen MR) is 60.8 cm³/mol. The fourth-order valence-electron chi connectivity index (χ4n) is 5.85. The largest absolute Gasteiger partial charge is 0.359 e. The minimum Gasteiger partial charge on any atom is -0.359 e. The third-order valence-electron chi connectivity index (χ3n) is 6.07. The molecule has 90 valence electrons. The molecule has 4 bridgehead atoms. The smallest absolute Gasteiger partial charge is 0.146 e. The highest BCUT2D eigenvalue weighted by Crippen LogP contribution is 2.67. The molecule has 0 saturated heterocycles. The SMILES string of the molecule is COCOC1CC2CC1C1C3CCC(C3)C21. The van der Waals surface area contributed by atoms with Crippen LogP contribution in [0.1, 0.15) is 32.1 Å². The molecule has 0 N–H and O–H groups in total. The molecule has 2 nitrogen and oxygen atoms in total. The van der Waals surface area contributed by atoms with Crippen molar-refractivity contribution in [3.63, 3.8) is 0 Å². The zero-order chi connectivity index (χ0) is 10.7. The average molecular weight is 222 g/mol. The van der Waals surface area contributed by atoms with Crippen molar-refractivity contribution in [3.05, 3.63) is 0 Å². The van der Waals surface area contributed by atoms with Gasteiger partial charge in [0.25, 0.3) is 0 Å². The standard InChI is InChI=1S/C14H22O2/c1-15-7-16-12-6-10-5-11(12)14-9-3-2-8(4-9)13(10)14/h8-14H,2-7H2,1H3. The second kappa shape index (κ2) is 3.46. The Hall–Kier alpha value is -0.0800. The second-order valence-corrected chi connectivity index (χ2v) is 6.49. The molecule has 7 unspecified atom stereocenters. The van der Waals surface area contributed by atoms with Crippen molar-refractivity contribution in [2.45, 2.75) is 38.2 Å². The maximum atomic E-state index is 5.88. The van der Waals surface area contributed by atoms with Crippen LogP contribution in [0.4, 0.5) is 0 Å². The van der Waals surface area contributed by atoms with E-state index in [1.165, 1.54) is 19.3 Å². The van der Waals surface area contributed by atoms with Gasteiger partial charge in [-0.3, -0.25) is 0 Å². The molecule has 16 heavy (non-hydrogen) atoms. The van der Waals surface area contributed by atoms with E-state index >= 15 is 0 Å². The molecule has 0 heterocycles. The molecule has 7 atom stereocenters. The molecule has 0 amide bonds. The third-order valence-corrected chi connectivity index (χ3v) is 6.07. The number of hydrogen-bond donors (Lipinski definition) is 0. The highest BCUT2D eigenvalue weighted by atomic mass is 16.7. The lowest BCUT2D eigenvalue weighted by Gasteiger charge is -2.38. The molecule has 4 fully saturated rings. The summed E-state index contributed by atoms with van der Waals surface area (Å²) in [6, 6.07) is 0. The van der Waals surface area contributed by atoms with E-state index in [-0.39, 0.29) is 0 Å². The van der Waals surface area contributed by atoms with Crippen LogP contribution in [0.3, 0.4) is 0 Å². The van der Waals surface area contributed by atoms with Gasteiger partial charge < -0.3 is 9.47 Å². The van der Waals surface area contributed by atoms with Crippen LogP contribution in [0.25, 0.3) is 0 Å². The molecule has 0 radical (unpaired) electrons. The summed E-state index contributed by atoms with van der Waals surface area (Å²) >= 11 is 0. The number of hydrogen-bond acceptors (Lipinski definition) is 2. The van der Waals surface area contributed by atoms with Crippen LogP contribution in [0.2, 0.25) is 0 Å². The van der Waals surface area contributed by atoms with Crippen LogP contribution in [-0.4, -0.2) is 20.0 Å². The van der Waals surface area contributed by atoms with E-state index in [0.717, 1.165) is 35.5 Å². The molecule has 0 aromatic carbocycles. The number of ether oxygens (including phenoxy) is 2. The topological polar surface area (TPSA) is 18.5 Å². The third kappa shape index (κ3) is 1.15. The fraction of sp³-hybridized carbons (Fsp3) is 1.00. The Bertz CT molecular complexity index is 290. The molecule has 4 saturated carbocycles. The molecular formula is C14H22O2. The predicted octanol–water partition coefficient (Wildman–Crippen LogP) is 2.68. The first-order valence-electron chi connectivity index (χ1n) is 6.99. The summed E-state index contributed by atoms with van der Waals surface area (Å²) in [5.41, 5.74) is 0. The first-order valence-corrected chi connectivity index (χ1v) is 6.99. The molecule has 0 aromatic heterocycles. The lowest BCUT2D eigenvalue weighted by Crippen LogP contribution is -2.36. The van der Waals surface area contributed by atoms with Gasteiger partial charge in [-0.2, -0.15) is 0 Å². The summed E-state index contributed by atoms with van der Waals surface area (Å²) in [4.78, 5) is 0. The van der Waals surface area contributed by atoms with Gasteiger partial charge >= 0.3 is 0 Å². The van der Waals surface area contributed by atoms with E-state index < -0.39 is 0 Å². The van der Waals surface area contributed by atoms with E-state index in [2.05, 4.69) is 0 Å². The molecule has 4 rings (SSSR count). The van der Waals surface area contributed by atoms with Gasteiger partial charge in [-0.1, -0.05) is 0 Å². The quantitative estimate of drug-likeness (QED) is 0.540. The molecular weight excluding hydrogens is 200 g/mol. The van der Waals surface area contributed by atoms with E-state index in [9.17, 15) is 0 Å². The molecule has 0 aliphatic heterocycles. The van der Waals surface area contributed by atoms with E-state index in [0.29, 0.717) is 12.9 Å². The van der Waals surface area contributed by atoms with Crippen molar-refractivity contribution in [2.75, 3.05) is 13.9 Å². The van der Waals surface area contributed by atoms with E-state index in [4.69, 9.17) is 9.47 Å². The zero-order valence-corrected chi connectivity index (χ0v) is 10.1. The Morgan fingerprint density at radius 1 is 0.938 bits per heavy atom. The summed E-state index contributed by atoms with van der Waals surface area (Å²) in [5, 5.41) is 0. The zero-order valence-electron chi connectivity index (χ0n) is 10.1. The van der Waals surface area contributed by atoms with Crippen LogP contribution in [0.5, 0.6) is 0 Å². The molecule has 4 aliphatic rings. The molecule has 0 aromatic rings. The van der Waals surface area contributed by atoms with Gasteiger partial charge in [0.2, 0.25) is 0 Å². The van der Waals surface area contributed by atoms with Gasteiger partial charge in [-0.05, 0) is 67.6 Å². The maximum Gasteiger partial charge on any atom is 0.146 e. The second-order valence-electron chi connectivity index (χ2n) is 6.49. The summed E-state index contributed by atoms with van der Waals surface area (Å²) < 4.78 is 10.9. The Kier molecular flexibility index (Phi) is 2.14. The number of rotatable bonds is 3. The van der Waals surface area contributed by atoms with Crippen LogP contribution < -0.4 is 0 Å². The van der Waals surface area contributed by atoms with Crippen molar-refractivity contribution >= 4 is 0 Å². The minimum atomic E-state index is 0.499. The normalized spacial score (nSPS) is 57.2. The first kappa shape index (κ1) is 9.90. The summed E-state index contributed by atoms with van der Waals surface area (Å²) in [6.07, 6.45) is 7.95. The van der Waals surface area contributed by atoms with Gasteiger partial charge in [-0.25, -0.2) is 0 Å². The van der Waals surface area contributed by atoms with Gasteiger partial charge in [0.05, 0.1) is 6.10 Å². The van der Waals surface area contributed by atoms with Crippen LogP contribution in [-0.2, 0) is 9.47 Å². The Balaban J connectivity index is 1.52. The van der Waals surface area contributed by atoms with Crippen LogP contribution in [0, 0.1) is 35.5 Å². The monoisotopic (exact) mass is 222 g/mol. The maximum absolute atomic E-state index is 5.88. The van der Waals surface area contributed by atoms with Crippen molar-refractivity contribution < 1.29 is 9.47 Å².